The molecule has 8 heteroatoms. The van der Waals surface area contributed by atoms with Crippen molar-refractivity contribution in [2.45, 2.75) is 23.9 Å². The first-order chi connectivity index (χ1) is 13.7. The van der Waals surface area contributed by atoms with Crippen molar-refractivity contribution in [3.05, 3.63) is 77.6 Å². The molecule has 3 heterocycles. The van der Waals surface area contributed by atoms with Gasteiger partial charge in [0.2, 0.25) is 0 Å². The Labute approximate surface area is 165 Å². The molecule has 1 N–H and O–H groups in total. The van der Waals surface area contributed by atoms with Crippen molar-refractivity contribution in [3.8, 4) is 11.4 Å². The van der Waals surface area contributed by atoms with E-state index in [1.165, 1.54) is 11.8 Å². The van der Waals surface area contributed by atoms with Crippen LogP contribution in [-0.2, 0) is 6.54 Å². The van der Waals surface area contributed by atoms with Gasteiger partial charge in [0.15, 0.2) is 11.0 Å². The fourth-order valence-corrected chi connectivity index (χ4v) is 3.80. The summed E-state index contributed by atoms with van der Waals surface area (Å²) in [4.78, 5) is 24.0. The molecule has 0 aliphatic carbocycles. The van der Waals surface area contributed by atoms with E-state index in [2.05, 4.69) is 31.7 Å². The zero-order valence-electron chi connectivity index (χ0n) is 15.2. The summed E-state index contributed by atoms with van der Waals surface area (Å²) < 4.78 is 1.98. The third kappa shape index (κ3) is 3.46. The number of H-pyrrole nitrogens is 1. The normalized spacial score (nSPS) is 12.2. The number of thioether (sulfide) groups is 1. The van der Waals surface area contributed by atoms with Crippen LogP contribution in [0.15, 0.2) is 71.4 Å². The topological polar surface area (TPSA) is 89.4 Å². The van der Waals surface area contributed by atoms with Gasteiger partial charge in [-0.2, -0.15) is 0 Å². The van der Waals surface area contributed by atoms with E-state index in [9.17, 15) is 4.79 Å². The molecule has 0 unspecified atom stereocenters. The Balaban J connectivity index is 1.68. The summed E-state index contributed by atoms with van der Waals surface area (Å²) in [6, 6.07) is 11.1. The van der Waals surface area contributed by atoms with Crippen LogP contribution in [0.3, 0.4) is 0 Å². The molecular weight excluding hydrogens is 372 g/mol. The van der Waals surface area contributed by atoms with E-state index >= 15 is 0 Å². The van der Waals surface area contributed by atoms with Crippen LogP contribution in [0.5, 0.6) is 0 Å². The number of hydrogen-bond donors (Lipinski definition) is 1. The smallest absolute Gasteiger partial charge is 0.258 e. The first-order valence-corrected chi connectivity index (χ1v) is 9.65. The van der Waals surface area contributed by atoms with Crippen molar-refractivity contribution in [1.82, 2.24) is 29.7 Å². The Hall–Kier alpha value is -3.26. The molecule has 140 valence electrons. The van der Waals surface area contributed by atoms with Gasteiger partial charge in [0.1, 0.15) is 5.82 Å². The van der Waals surface area contributed by atoms with Crippen LogP contribution in [0.4, 0.5) is 0 Å². The quantitative estimate of drug-likeness (QED) is 0.400. The minimum atomic E-state index is -0.142. The number of benzene rings is 1. The second-order valence-corrected chi connectivity index (χ2v) is 7.48. The number of hydrogen-bond acceptors (Lipinski definition) is 6. The van der Waals surface area contributed by atoms with Crippen LogP contribution in [-0.4, -0.2) is 29.7 Å². The van der Waals surface area contributed by atoms with Crippen molar-refractivity contribution in [2.75, 3.05) is 0 Å². The van der Waals surface area contributed by atoms with Gasteiger partial charge in [-0.05, 0) is 31.2 Å². The molecule has 0 aliphatic rings. The van der Waals surface area contributed by atoms with Crippen LogP contribution < -0.4 is 5.56 Å². The van der Waals surface area contributed by atoms with Crippen LogP contribution in [0.25, 0.3) is 22.3 Å². The van der Waals surface area contributed by atoms with Gasteiger partial charge in [-0.3, -0.25) is 14.3 Å². The number of rotatable bonds is 6. The van der Waals surface area contributed by atoms with Crippen molar-refractivity contribution in [1.29, 1.82) is 0 Å². The monoisotopic (exact) mass is 390 g/mol. The summed E-state index contributed by atoms with van der Waals surface area (Å²) in [7, 11) is 0. The molecule has 28 heavy (non-hydrogen) atoms. The predicted molar refractivity (Wildman–Crippen MR) is 110 cm³/mol. The van der Waals surface area contributed by atoms with Crippen molar-refractivity contribution >= 4 is 22.7 Å². The largest absolute Gasteiger partial charge is 0.309 e. The summed E-state index contributed by atoms with van der Waals surface area (Å²) >= 11 is 1.48. The van der Waals surface area contributed by atoms with E-state index in [0.29, 0.717) is 23.3 Å². The van der Waals surface area contributed by atoms with E-state index < -0.39 is 0 Å². The van der Waals surface area contributed by atoms with Gasteiger partial charge >= 0.3 is 0 Å². The van der Waals surface area contributed by atoms with Crippen LogP contribution >= 0.6 is 11.8 Å². The molecule has 0 spiro atoms. The van der Waals surface area contributed by atoms with Crippen molar-refractivity contribution in [3.63, 3.8) is 0 Å². The molecule has 1 atom stereocenters. The number of nitrogens with zero attached hydrogens (tertiary/aromatic N) is 5. The molecule has 4 aromatic rings. The third-order valence-electron chi connectivity index (χ3n) is 4.25. The highest BCUT2D eigenvalue weighted by Gasteiger charge is 2.19. The predicted octanol–water partition coefficient (Wildman–Crippen LogP) is 3.62. The van der Waals surface area contributed by atoms with Crippen LogP contribution in [0.1, 0.15) is 18.0 Å². The van der Waals surface area contributed by atoms with E-state index in [1.54, 1.807) is 24.5 Å². The Morgan fingerprint density at radius 3 is 2.89 bits per heavy atom. The Bertz CT molecular complexity index is 1180. The number of allylic oxidation sites excluding steroid dienone is 1. The Morgan fingerprint density at radius 2 is 2.11 bits per heavy atom. The number of aromatic amines is 1. The maximum atomic E-state index is 12.4. The highest BCUT2D eigenvalue weighted by atomic mass is 32.2. The second kappa shape index (κ2) is 7.77. The zero-order valence-corrected chi connectivity index (χ0v) is 16.1. The number of para-hydroxylation sites is 1. The van der Waals surface area contributed by atoms with Gasteiger partial charge in [0, 0.05) is 24.5 Å². The molecule has 1 aromatic carbocycles. The summed E-state index contributed by atoms with van der Waals surface area (Å²) in [5.74, 6) is 1.33. The molecule has 3 aromatic heterocycles. The molecule has 0 saturated carbocycles. The lowest BCUT2D eigenvalue weighted by atomic mass is 10.2. The molecule has 0 amide bonds. The molecular formula is C20H18N6OS. The highest BCUT2D eigenvalue weighted by molar-refractivity contribution is 7.99. The van der Waals surface area contributed by atoms with Gasteiger partial charge in [-0.25, -0.2) is 4.98 Å². The fraction of sp³-hybridized carbons (Fsp3) is 0.150. The SMILES string of the molecule is C=CCn1c(S[C@@H](C)c2nc3ccccc3c(=O)[nH]2)nnc1-c1cccnc1. The average molecular weight is 390 g/mol. The average Bonchev–Trinajstić information content (AvgIpc) is 3.11. The lowest BCUT2D eigenvalue weighted by Gasteiger charge is -2.12. The zero-order chi connectivity index (χ0) is 19.5. The van der Waals surface area contributed by atoms with Crippen molar-refractivity contribution in [2.24, 2.45) is 0 Å². The minimum absolute atomic E-state index is 0.119. The number of pyridine rings is 1. The summed E-state index contributed by atoms with van der Waals surface area (Å²) in [5, 5.41) is 9.86. The van der Waals surface area contributed by atoms with Crippen LogP contribution in [0.2, 0.25) is 0 Å². The first kappa shape index (κ1) is 18.1. The van der Waals surface area contributed by atoms with Crippen molar-refractivity contribution < 1.29 is 0 Å². The first-order valence-electron chi connectivity index (χ1n) is 8.77. The highest BCUT2D eigenvalue weighted by Crippen LogP contribution is 2.33. The molecule has 0 fully saturated rings. The summed E-state index contributed by atoms with van der Waals surface area (Å²) in [6.45, 7) is 6.38. The number of fused-ring (bicyclic) bond motifs is 1. The minimum Gasteiger partial charge on any atom is -0.309 e. The Kier molecular flexibility index (Phi) is 5.03. The van der Waals surface area contributed by atoms with E-state index in [-0.39, 0.29) is 10.8 Å². The van der Waals surface area contributed by atoms with Crippen LogP contribution in [0, 0.1) is 0 Å². The molecule has 0 bridgehead atoms. The third-order valence-corrected chi connectivity index (χ3v) is 5.34. The van der Waals surface area contributed by atoms with E-state index in [0.717, 1.165) is 16.5 Å². The molecule has 0 radical (unpaired) electrons. The maximum Gasteiger partial charge on any atom is 0.258 e. The van der Waals surface area contributed by atoms with Gasteiger partial charge < -0.3 is 4.98 Å². The molecule has 0 saturated heterocycles. The molecule has 7 nitrogen and oxygen atoms in total. The maximum absolute atomic E-state index is 12.4. The van der Waals surface area contributed by atoms with Gasteiger partial charge in [0.25, 0.3) is 5.56 Å². The lowest BCUT2D eigenvalue weighted by molar-refractivity contribution is 0.727. The molecule has 4 rings (SSSR count). The Morgan fingerprint density at radius 1 is 1.25 bits per heavy atom. The summed E-state index contributed by atoms with van der Waals surface area (Å²) in [6.07, 6.45) is 5.27. The lowest BCUT2D eigenvalue weighted by Crippen LogP contribution is -2.13. The summed E-state index contributed by atoms with van der Waals surface area (Å²) in [5.41, 5.74) is 1.42. The van der Waals surface area contributed by atoms with Gasteiger partial charge in [-0.15, -0.1) is 16.8 Å². The fourth-order valence-electron chi connectivity index (χ4n) is 2.89. The van der Waals surface area contributed by atoms with E-state index in [4.69, 9.17) is 0 Å². The second-order valence-electron chi connectivity index (χ2n) is 6.18. The van der Waals surface area contributed by atoms with Gasteiger partial charge in [-0.1, -0.05) is 30.0 Å². The number of nitrogens with one attached hydrogen (secondary N) is 1. The molecule has 0 aliphatic heterocycles. The number of aromatic nitrogens is 6. The van der Waals surface area contributed by atoms with Gasteiger partial charge in [0.05, 0.1) is 16.2 Å². The standard InChI is InChI=1S/C20H18N6OS/c1-3-11-26-18(14-7-6-10-21-12-14)24-25-20(26)28-13(2)17-22-16-9-5-4-8-15(16)19(27)23-17/h3-10,12-13H,1,11H2,2H3,(H,22,23,27)/t13-/m0/s1. The van der Waals surface area contributed by atoms with E-state index in [1.807, 2.05) is 41.8 Å².